The first-order valence-electron chi connectivity index (χ1n) is 4.91. The summed E-state index contributed by atoms with van der Waals surface area (Å²) in [5, 5.41) is 0.360. The normalized spacial score (nSPS) is 19.8. The average Bonchev–Trinajstić information content (AvgIpc) is 2.76. The van der Waals surface area contributed by atoms with Crippen molar-refractivity contribution >= 4 is 31.7 Å². The summed E-state index contributed by atoms with van der Waals surface area (Å²) < 4.78 is 4.07. The third-order valence-electron chi connectivity index (χ3n) is 3.01. The van der Waals surface area contributed by atoms with Crippen molar-refractivity contribution in [2.75, 3.05) is 0 Å². The van der Waals surface area contributed by atoms with Crippen molar-refractivity contribution in [1.29, 1.82) is 0 Å². The van der Waals surface area contributed by atoms with Gasteiger partial charge in [0.1, 0.15) is 12.4 Å². The summed E-state index contributed by atoms with van der Waals surface area (Å²) in [5.74, 6) is 0. The van der Waals surface area contributed by atoms with Crippen LogP contribution in [0.1, 0.15) is 20.8 Å². The Morgan fingerprint density at radius 2 is 1.93 bits per heavy atom. The van der Waals surface area contributed by atoms with Crippen LogP contribution in [0.25, 0.3) is 0 Å². The highest BCUT2D eigenvalue weighted by Crippen LogP contribution is 2.69. The summed E-state index contributed by atoms with van der Waals surface area (Å²) in [7, 11) is 8.38. The fourth-order valence-corrected chi connectivity index (χ4v) is 6.06. The maximum absolute atomic E-state index is 2.34. The molecule has 0 atom stereocenters. The van der Waals surface area contributed by atoms with E-state index in [1.165, 1.54) is 5.72 Å². The summed E-state index contributed by atoms with van der Waals surface area (Å²) in [6.07, 6.45) is 4.29. The van der Waals surface area contributed by atoms with Gasteiger partial charge in [0, 0.05) is 0 Å². The number of rotatable bonds is 1. The minimum atomic E-state index is -0.451. The SMILES string of the molecule is Cn1cc[n+](C)c1[B-]1(C(C)(C)C)SS1. The van der Waals surface area contributed by atoms with Crippen LogP contribution < -0.4 is 10.3 Å². The van der Waals surface area contributed by atoms with Gasteiger partial charge in [-0.2, -0.15) is 0 Å². The topological polar surface area (TPSA) is 8.81 Å². The van der Waals surface area contributed by atoms with Crippen molar-refractivity contribution in [1.82, 2.24) is 4.57 Å². The van der Waals surface area contributed by atoms with Crippen LogP contribution in [0.5, 0.6) is 0 Å². The Balaban J connectivity index is 2.50. The second-order valence-corrected chi connectivity index (χ2v) is 8.40. The zero-order chi connectivity index (χ0) is 10.6. The second-order valence-electron chi connectivity index (χ2n) is 5.15. The lowest BCUT2D eigenvalue weighted by molar-refractivity contribution is -0.653. The predicted molar refractivity (Wildman–Crippen MR) is 66.9 cm³/mol. The molecule has 1 aliphatic heterocycles. The molecule has 0 unspecified atom stereocenters. The largest absolute Gasteiger partial charge is 0.322 e. The summed E-state index contributed by atoms with van der Waals surface area (Å²) in [6.45, 7) is 7.02. The average molecular weight is 228 g/mol. The van der Waals surface area contributed by atoms with E-state index in [2.05, 4.69) is 56.4 Å². The van der Waals surface area contributed by atoms with Crippen molar-refractivity contribution < 1.29 is 4.57 Å². The lowest BCUT2D eigenvalue weighted by Crippen LogP contribution is -2.59. The van der Waals surface area contributed by atoms with Gasteiger partial charge in [-0.15, -0.1) is 5.31 Å². The molecular formula is C9H17BN2S2. The van der Waals surface area contributed by atoms with Crippen molar-refractivity contribution in [3.63, 3.8) is 0 Å². The van der Waals surface area contributed by atoms with Crippen LogP contribution in [0.4, 0.5) is 0 Å². The summed E-state index contributed by atoms with van der Waals surface area (Å²) in [4.78, 5) is 0. The highest BCUT2D eigenvalue weighted by Gasteiger charge is 2.54. The highest BCUT2D eigenvalue weighted by atomic mass is 33.2. The summed E-state index contributed by atoms with van der Waals surface area (Å²) in [6, 6.07) is 0. The molecule has 0 bridgehead atoms. The van der Waals surface area contributed by atoms with Gasteiger partial charge in [0.05, 0.1) is 19.8 Å². The van der Waals surface area contributed by atoms with E-state index >= 15 is 0 Å². The molecule has 1 aromatic heterocycles. The van der Waals surface area contributed by atoms with Crippen LogP contribution in [-0.2, 0) is 14.1 Å². The van der Waals surface area contributed by atoms with E-state index in [1.54, 1.807) is 0 Å². The number of hydrogen-bond donors (Lipinski definition) is 0. The molecule has 1 aromatic rings. The van der Waals surface area contributed by atoms with E-state index in [4.69, 9.17) is 0 Å². The fraction of sp³-hybridized carbons (Fsp3) is 0.667. The molecule has 5 heteroatoms. The Morgan fingerprint density at radius 3 is 2.21 bits per heavy atom. The van der Waals surface area contributed by atoms with Crippen LogP contribution in [0.15, 0.2) is 12.4 Å². The Bertz CT molecular complexity index is 344. The van der Waals surface area contributed by atoms with Gasteiger partial charge in [-0.25, -0.2) is 0 Å². The van der Waals surface area contributed by atoms with Crippen molar-refractivity contribution in [3.05, 3.63) is 12.4 Å². The number of aryl methyl sites for hydroxylation is 2. The molecule has 2 nitrogen and oxygen atoms in total. The van der Waals surface area contributed by atoms with Crippen LogP contribution in [0.2, 0.25) is 5.31 Å². The van der Waals surface area contributed by atoms with Crippen LogP contribution in [0, 0.1) is 0 Å². The van der Waals surface area contributed by atoms with Gasteiger partial charge in [0.2, 0.25) is 4.70 Å². The molecule has 0 aliphatic carbocycles. The van der Waals surface area contributed by atoms with Crippen molar-refractivity contribution in [2.24, 2.45) is 14.1 Å². The molecule has 0 radical (unpaired) electrons. The Labute approximate surface area is 93.6 Å². The molecule has 0 spiro atoms. The van der Waals surface area contributed by atoms with Gasteiger partial charge in [0.15, 0.2) is 0 Å². The summed E-state index contributed by atoms with van der Waals surface area (Å²) in [5.41, 5.74) is 1.47. The molecule has 1 fully saturated rings. The third kappa shape index (κ3) is 1.33. The maximum Gasteiger partial charge on any atom is 0.245 e. The number of imidazole rings is 1. The van der Waals surface area contributed by atoms with Crippen LogP contribution >= 0.6 is 21.3 Å². The van der Waals surface area contributed by atoms with E-state index in [0.29, 0.717) is 5.31 Å². The Hall–Kier alpha value is -0.0251. The third-order valence-corrected chi connectivity index (χ3v) is 7.15. The van der Waals surface area contributed by atoms with Gasteiger partial charge >= 0.3 is 0 Å². The lowest BCUT2D eigenvalue weighted by atomic mass is 9.50. The van der Waals surface area contributed by atoms with E-state index in [-0.39, 0.29) is 0 Å². The quantitative estimate of drug-likeness (QED) is 0.313. The number of hydrogen-bond acceptors (Lipinski definition) is 2. The molecular weight excluding hydrogens is 211 g/mol. The van der Waals surface area contributed by atoms with Crippen molar-refractivity contribution in [3.8, 4) is 0 Å². The lowest BCUT2D eigenvalue weighted by Gasteiger charge is -2.31. The number of nitrogens with zero attached hydrogens (tertiary/aromatic N) is 2. The summed E-state index contributed by atoms with van der Waals surface area (Å²) >= 11 is 0. The van der Waals surface area contributed by atoms with Gasteiger partial charge < -0.3 is 21.3 Å². The molecule has 2 rings (SSSR count). The maximum atomic E-state index is 2.34. The Kier molecular flexibility index (Phi) is 2.24. The molecule has 1 saturated heterocycles. The van der Waals surface area contributed by atoms with E-state index in [1.807, 2.05) is 21.3 Å². The molecule has 0 saturated carbocycles. The first-order valence-corrected chi connectivity index (χ1v) is 7.18. The first-order chi connectivity index (χ1) is 6.38. The molecule has 14 heavy (non-hydrogen) atoms. The molecule has 0 amide bonds. The highest BCUT2D eigenvalue weighted by molar-refractivity contribution is 9.23. The predicted octanol–water partition coefficient (Wildman–Crippen LogP) is 1.69. The second kappa shape index (κ2) is 2.98. The molecule has 0 aromatic carbocycles. The number of aromatic nitrogens is 2. The van der Waals surface area contributed by atoms with E-state index < -0.39 is 4.70 Å². The van der Waals surface area contributed by atoms with E-state index in [9.17, 15) is 0 Å². The van der Waals surface area contributed by atoms with Gasteiger partial charge in [-0.05, 0) is 0 Å². The molecule has 78 valence electrons. The Morgan fingerprint density at radius 1 is 1.36 bits per heavy atom. The van der Waals surface area contributed by atoms with Gasteiger partial charge in [0.25, 0.3) is 0 Å². The zero-order valence-corrected chi connectivity index (χ0v) is 11.1. The van der Waals surface area contributed by atoms with Gasteiger partial charge in [-0.1, -0.05) is 20.8 Å². The zero-order valence-electron chi connectivity index (χ0n) is 9.44. The molecule has 1 aliphatic rings. The van der Waals surface area contributed by atoms with Crippen molar-refractivity contribution in [2.45, 2.75) is 26.1 Å². The van der Waals surface area contributed by atoms with E-state index in [0.717, 1.165) is 0 Å². The standard InChI is InChI=1S/C9H17BN2S2/c1-9(2,3)10(13-14-10)8-11(4)6-7-12(8)5/h6-7H,1-5H3. The minimum Gasteiger partial charge on any atom is -0.322 e. The van der Waals surface area contributed by atoms with Gasteiger partial charge in [-0.3, -0.25) is 9.13 Å². The van der Waals surface area contributed by atoms with Crippen LogP contribution in [-0.4, -0.2) is 9.27 Å². The molecule has 2 heterocycles. The molecule has 0 N–H and O–H groups in total. The fourth-order valence-electron chi connectivity index (χ4n) is 1.96. The minimum absolute atomic E-state index is 0.360. The first kappa shape index (κ1) is 10.5. The van der Waals surface area contributed by atoms with Crippen LogP contribution in [0.3, 0.4) is 0 Å². The monoisotopic (exact) mass is 228 g/mol. The smallest absolute Gasteiger partial charge is 0.245 e.